The number of amides is 1. The highest BCUT2D eigenvalue weighted by Gasteiger charge is 2.35. The van der Waals surface area contributed by atoms with E-state index >= 15 is 0 Å². The van der Waals surface area contributed by atoms with Crippen molar-refractivity contribution in [1.82, 2.24) is 14.8 Å². The van der Waals surface area contributed by atoms with Gasteiger partial charge in [-0.1, -0.05) is 29.6 Å². The van der Waals surface area contributed by atoms with Gasteiger partial charge in [-0.25, -0.2) is 4.98 Å². The predicted molar refractivity (Wildman–Crippen MR) is 94.1 cm³/mol. The minimum atomic E-state index is -4.52. The lowest BCUT2D eigenvalue weighted by atomic mass is 10.1. The number of nitrogens with one attached hydrogen (secondary N) is 1. The SMILES string of the molecule is CCn1nc(C(F)(F)F)cc1-c1cnc(NC(=O)C2=CCC(Cl)C=C2)s1. The molecule has 0 bridgehead atoms. The molecule has 2 aromatic heterocycles. The molecule has 0 aliphatic heterocycles. The Labute approximate surface area is 156 Å². The number of thiazole rings is 1. The first-order valence-corrected chi connectivity index (χ1v) is 8.98. The standard InChI is InChI=1S/C16H14ClF3N4OS/c1-2-24-11(7-13(23-24)16(18,19)20)12-8-21-15(26-12)22-14(25)9-3-5-10(17)6-4-9/h3-5,7-8,10H,2,6H2,1H3,(H,21,22,25). The normalized spacial score (nSPS) is 17.3. The van der Waals surface area contributed by atoms with Gasteiger partial charge in [-0.05, 0) is 19.4 Å². The van der Waals surface area contributed by atoms with Gasteiger partial charge >= 0.3 is 6.18 Å². The minimum absolute atomic E-state index is 0.129. The molecule has 0 aromatic carbocycles. The summed E-state index contributed by atoms with van der Waals surface area (Å²) < 4.78 is 39.9. The van der Waals surface area contributed by atoms with Crippen LogP contribution in [0.3, 0.4) is 0 Å². The smallest absolute Gasteiger partial charge is 0.298 e. The molecule has 1 N–H and O–H groups in total. The van der Waals surface area contributed by atoms with Gasteiger partial charge in [0.05, 0.1) is 15.9 Å². The first-order chi connectivity index (χ1) is 12.3. The lowest BCUT2D eigenvalue weighted by molar-refractivity contribution is -0.141. The number of hydrogen-bond donors (Lipinski definition) is 1. The average Bonchev–Trinajstić information content (AvgIpc) is 3.21. The number of anilines is 1. The van der Waals surface area contributed by atoms with Gasteiger partial charge in [-0.3, -0.25) is 14.8 Å². The number of carbonyl (C=O) groups excluding carboxylic acids is 1. The molecule has 2 aromatic rings. The van der Waals surface area contributed by atoms with E-state index in [1.165, 1.54) is 10.9 Å². The van der Waals surface area contributed by atoms with E-state index in [-0.39, 0.29) is 17.8 Å². The molecule has 2 heterocycles. The van der Waals surface area contributed by atoms with Gasteiger partial charge in [0.2, 0.25) is 0 Å². The molecule has 1 aliphatic rings. The van der Waals surface area contributed by atoms with Gasteiger partial charge in [-0.2, -0.15) is 18.3 Å². The fourth-order valence-electron chi connectivity index (χ4n) is 2.38. The van der Waals surface area contributed by atoms with E-state index in [4.69, 9.17) is 11.6 Å². The second-order valence-corrected chi connectivity index (χ2v) is 7.07. The molecule has 5 nitrogen and oxygen atoms in total. The van der Waals surface area contributed by atoms with Crippen LogP contribution in [0.2, 0.25) is 0 Å². The molecule has 10 heteroatoms. The Balaban J connectivity index is 1.79. The second kappa shape index (κ2) is 7.24. The van der Waals surface area contributed by atoms with Gasteiger partial charge in [0.15, 0.2) is 10.8 Å². The summed E-state index contributed by atoms with van der Waals surface area (Å²) in [4.78, 5) is 16.8. The van der Waals surface area contributed by atoms with Crippen molar-refractivity contribution in [3.63, 3.8) is 0 Å². The van der Waals surface area contributed by atoms with Crippen molar-refractivity contribution in [1.29, 1.82) is 0 Å². The van der Waals surface area contributed by atoms with Gasteiger partial charge in [0.25, 0.3) is 5.91 Å². The Kier molecular flexibility index (Phi) is 5.19. The molecule has 26 heavy (non-hydrogen) atoms. The van der Waals surface area contributed by atoms with E-state index in [0.717, 1.165) is 17.4 Å². The highest BCUT2D eigenvalue weighted by Crippen LogP contribution is 2.35. The van der Waals surface area contributed by atoms with Gasteiger partial charge in [-0.15, -0.1) is 11.6 Å². The number of aromatic nitrogens is 3. The van der Waals surface area contributed by atoms with Crippen LogP contribution < -0.4 is 5.32 Å². The summed E-state index contributed by atoms with van der Waals surface area (Å²) in [7, 11) is 0. The van der Waals surface area contributed by atoms with Crippen LogP contribution >= 0.6 is 22.9 Å². The summed E-state index contributed by atoms with van der Waals surface area (Å²) in [5.41, 5.74) is -0.183. The number of rotatable bonds is 4. The molecule has 1 atom stereocenters. The Hall–Kier alpha value is -2.13. The molecular formula is C16H14ClF3N4OS. The zero-order valence-corrected chi connectivity index (χ0v) is 15.1. The van der Waals surface area contributed by atoms with Gasteiger partial charge in [0, 0.05) is 18.3 Å². The van der Waals surface area contributed by atoms with Crippen molar-refractivity contribution in [3.8, 4) is 10.6 Å². The first kappa shape index (κ1) is 18.7. The Bertz CT molecular complexity index is 884. The van der Waals surface area contributed by atoms with Crippen LogP contribution in [0.15, 0.2) is 36.1 Å². The van der Waals surface area contributed by atoms with E-state index in [9.17, 15) is 18.0 Å². The zero-order chi connectivity index (χ0) is 18.9. The van der Waals surface area contributed by atoms with Crippen LogP contribution in [0.25, 0.3) is 10.6 Å². The van der Waals surface area contributed by atoms with Crippen molar-refractivity contribution >= 4 is 34.0 Å². The Morgan fingerprint density at radius 3 is 2.88 bits per heavy atom. The molecule has 0 spiro atoms. The largest absolute Gasteiger partial charge is 0.435 e. The maximum absolute atomic E-state index is 12.9. The monoisotopic (exact) mass is 402 g/mol. The van der Waals surface area contributed by atoms with Crippen molar-refractivity contribution < 1.29 is 18.0 Å². The van der Waals surface area contributed by atoms with Crippen molar-refractivity contribution in [3.05, 3.63) is 41.8 Å². The number of alkyl halides is 4. The van der Waals surface area contributed by atoms with Crippen LogP contribution in [-0.2, 0) is 17.5 Å². The summed E-state index contributed by atoms with van der Waals surface area (Å²) in [6.45, 7) is 1.98. The fourth-order valence-corrected chi connectivity index (χ4v) is 3.37. The first-order valence-electron chi connectivity index (χ1n) is 7.73. The predicted octanol–water partition coefficient (Wildman–Crippen LogP) is 4.48. The fraction of sp³-hybridized carbons (Fsp3) is 0.312. The third-order valence-electron chi connectivity index (χ3n) is 3.66. The van der Waals surface area contributed by atoms with Gasteiger partial charge < -0.3 is 0 Å². The quantitative estimate of drug-likeness (QED) is 0.767. The summed E-state index contributed by atoms with van der Waals surface area (Å²) >= 11 is 7.00. The molecule has 1 unspecified atom stereocenters. The van der Waals surface area contributed by atoms with E-state index in [1.807, 2.05) is 0 Å². The average molecular weight is 403 g/mol. The number of nitrogens with zero attached hydrogens (tertiary/aromatic N) is 3. The zero-order valence-electron chi connectivity index (χ0n) is 13.5. The van der Waals surface area contributed by atoms with Crippen molar-refractivity contribution in [2.45, 2.75) is 31.4 Å². The van der Waals surface area contributed by atoms with Crippen molar-refractivity contribution in [2.24, 2.45) is 0 Å². The Morgan fingerprint density at radius 2 is 2.27 bits per heavy atom. The molecule has 0 radical (unpaired) electrons. The summed E-state index contributed by atoms with van der Waals surface area (Å²) in [6, 6.07) is 0.982. The van der Waals surface area contributed by atoms with Crippen LogP contribution in [0.1, 0.15) is 19.0 Å². The number of allylic oxidation sites excluding steroid dienone is 2. The Morgan fingerprint density at radius 1 is 1.50 bits per heavy atom. The molecule has 138 valence electrons. The maximum atomic E-state index is 12.9. The van der Waals surface area contributed by atoms with Crippen molar-refractivity contribution in [2.75, 3.05) is 5.32 Å². The third kappa shape index (κ3) is 3.99. The summed E-state index contributed by atoms with van der Waals surface area (Å²) in [5, 5.41) is 6.39. The van der Waals surface area contributed by atoms with E-state index in [0.29, 0.717) is 27.7 Å². The lowest BCUT2D eigenvalue weighted by Gasteiger charge is -2.09. The van der Waals surface area contributed by atoms with Crippen LogP contribution in [0.4, 0.5) is 18.3 Å². The molecule has 1 amide bonds. The van der Waals surface area contributed by atoms with Crippen LogP contribution in [0.5, 0.6) is 0 Å². The molecule has 0 saturated heterocycles. The minimum Gasteiger partial charge on any atom is -0.298 e. The topological polar surface area (TPSA) is 59.8 Å². The molecular weight excluding hydrogens is 389 g/mol. The highest BCUT2D eigenvalue weighted by molar-refractivity contribution is 7.19. The number of halogens is 4. The van der Waals surface area contributed by atoms with E-state index in [1.54, 1.807) is 25.2 Å². The van der Waals surface area contributed by atoms with Crippen LogP contribution in [-0.4, -0.2) is 26.0 Å². The molecule has 3 rings (SSSR count). The molecule has 0 saturated carbocycles. The number of hydrogen-bond acceptors (Lipinski definition) is 4. The lowest BCUT2D eigenvalue weighted by Crippen LogP contribution is -2.15. The number of carbonyl (C=O) groups is 1. The second-order valence-electron chi connectivity index (χ2n) is 5.48. The highest BCUT2D eigenvalue weighted by atomic mass is 35.5. The number of aryl methyl sites for hydroxylation is 1. The van der Waals surface area contributed by atoms with E-state index < -0.39 is 11.9 Å². The van der Waals surface area contributed by atoms with Gasteiger partial charge in [0.1, 0.15) is 0 Å². The third-order valence-corrected chi connectivity index (χ3v) is 4.92. The van der Waals surface area contributed by atoms with Crippen LogP contribution in [0, 0.1) is 0 Å². The summed E-state index contributed by atoms with van der Waals surface area (Å²) in [5.74, 6) is -0.342. The molecule has 0 fully saturated rings. The maximum Gasteiger partial charge on any atom is 0.435 e. The van der Waals surface area contributed by atoms with E-state index in [2.05, 4.69) is 15.4 Å². The summed E-state index contributed by atoms with van der Waals surface area (Å²) in [6.07, 6.45) is 2.54. The molecule has 1 aliphatic carbocycles.